The zero-order chi connectivity index (χ0) is 15.9. The molecule has 0 aliphatic carbocycles. The third-order valence-electron chi connectivity index (χ3n) is 2.88. The van der Waals surface area contributed by atoms with E-state index in [0.29, 0.717) is 25.4 Å². The maximum absolute atomic E-state index is 10.7. The number of aliphatic hydroxyl groups is 1. The van der Waals surface area contributed by atoms with Gasteiger partial charge in [0, 0.05) is 13.1 Å². The van der Waals surface area contributed by atoms with Gasteiger partial charge in [0.2, 0.25) is 0 Å². The van der Waals surface area contributed by atoms with Gasteiger partial charge < -0.3 is 20.3 Å². The lowest BCUT2D eigenvalue weighted by Gasteiger charge is -2.22. The maximum atomic E-state index is 10.7. The minimum Gasteiger partial charge on any atom is -0.492 e. The molecule has 21 heavy (non-hydrogen) atoms. The van der Waals surface area contributed by atoms with Gasteiger partial charge in [-0.1, -0.05) is 20.8 Å². The first-order valence-corrected chi connectivity index (χ1v) is 7.13. The van der Waals surface area contributed by atoms with E-state index in [1.165, 1.54) is 12.1 Å². The second-order valence-electron chi connectivity index (χ2n) is 6.30. The van der Waals surface area contributed by atoms with Crippen molar-refractivity contribution in [3.63, 3.8) is 0 Å². The average molecular weight is 295 g/mol. The first-order chi connectivity index (χ1) is 9.78. The molecule has 1 rings (SSSR count). The minimum atomic E-state index is -0.948. The molecule has 1 aromatic carbocycles. The van der Waals surface area contributed by atoms with Crippen LogP contribution >= 0.6 is 0 Å². The third-order valence-corrected chi connectivity index (χ3v) is 2.88. The highest BCUT2D eigenvalue weighted by Gasteiger charge is 2.15. The van der Waals surface area contributed by atoms with Gasteiger partial charge in [0.15, 0.2) is 0 Å². The number of carboxylic acid groups (broad SMARTS) is 1. The lowest BCUT2D eigenvalue weighted by atomic mass is 9.89. The Morgan fingerprint density at radius 3 is 2.43 bits per heavy atom. The predicted molar refractivity (Wildman–Crippen MR) is 81.8 cm³/mol. The van der Waals surface area contributed by atoms with Crippen LogP contribution in [0.4, 0.5) is 0 Å². The molecule has 0 aliphatic rings. The molecule has 5 nitrogen and oxygen atoms in total. The van der Waals surface area contributed by atoms with Crippen molar-refractivity contribution in [1.29, 1.82) is 0 Å². The summed E-state index contributed by atoms with van der Waals surface area (Å²) in [7, 11) is 0. The summed E-state index contributed by atoms with van der Waals surface area (Å²) in [6, 6.07) is 6.30. The SMILES string of the molecule is CC(C)(C)CC(O)CNCCOc1ccc(C(=O)O)cc1. The van der Waals surface area contributed by atoms with Crippen LogP contribution in [-0.4, -0.2) is 42.0 Å². The summed E-state index contributed by atoms with van der Waals surface area (Å²) < 4.78 is 5.49. The number of ether oxygens (including phenoxy) is 1. The molecule has 0 saturated heterocycles. The highest BCUT2D eigenvalue weighted by molar-refractivity contribution is 5.87. The van der Waals surface area contributed by atoms with Crippen molar-refractivity contribution < 1.29 is 19.7 Å². The molecule has 0 aromatic heterocycles. The Balaban J connectivity index is 2.18. The average Bonchev–Trinajstić information content (AvgIpc) is 2.36. The number of hydrogen-bond acceptors (Lipinski definition) is 4. The highest BCUT2D eigenvalue weighted by atomic mass is 16.5. The molecule has 118 valence electrons. The van der Waals surface area contributed by atoms with Crippen LogP contribution in [0.5, 0.6) is 5.75 Å². The summed E-state index contributed by atoms with van der Waals surface area (Å²) in [6.45, 7) is 7.93. The molecule has 3 N–H and O–H groups in total. The largest absolute Gasteiger partial charge is 0.492 e. The lowest BCUT2D eigenvalue weighted by molar-refractivity contribution is 0.0697. The monoisotopic (exact) mass is 295 g/mol. The second kappa shape index (κ2) is 8.00. The topological polar surface area (TPSA) is 78.8 Å². The van der Waals surface area contributed by atoms with Crippen molar-refractivity contribution in [1.82, 2.24) is 5.32 Å². The Bertz CT molecular complexity index is 437. The van der Waals surface area contributed by atoms with Gasteiger partial charge in [-0.05, 0) is 36.1 Å². The first-order valence-electron chi connectivity index (χ1n) is 7.13. The molecular formula is C16H25NO4. The van der Waals surface area contributed by atoms with E-state index < -0.39 is 5.97 Å². The molecule has 0 amide bonds. The minimum absolute atomic E-state index is 0.115. The van der Waals surface area contributed by atoms with Crippen LogP contribution in [0.15, 0.2) is 24.3 Å². The number of aliphatic hydroxyl groups excluding tert-OH is 1. The summed E-state index contributed by atoms with van der Waals surface area (Å²) in [5, 5.41) is 21.7. The van der Waals surface area contributed by atoms with Crippen molar-refractivity contribution in [3.8, 4) is 5.75 Å². The van der Waals surface area contributed by atoms with Crippen LogP contribution in [0.25, 0.3) is 0 Å². The first kappa shape index (κ1) is 17.5. The fraction of sp³-hybridized carbons (Fsp3) is 0.562. The van der Waals surface area contributed by atoms with E-state index in [1.54, 1.807) is 12.1 Å². The Morgan fingerprint density at radius 1 is 1.29 bits per heavy atom. The number of aromatic carboxylic acids is 1. The lowest BCUT2D eigenvalue weighted by Crippen LogP contribution is -2.32. The van der Waals surface area contributed by atoms with E-state index in [4.69, 9.17) is 9.84 Å². The molecule has 0 spiro atoms. The van der Waals surface area contributed by atoms with E-state index >= 15 is 0 Å². The second-order valence-corrected chi connectivity index (χ2v) is 6.30. The Labute approximate surface area is 125 Å². The highest BCUT2D eigenvalue weighted by Crippen LogP contribution is 2.20. The number of benzene rings is 1. The molecule has 0 heterocycles. The van der Waals surface area contributed by atoms with Gasteiger partial charge in [-0.25, -0.2) is 4.79 Å². The van der Waals surface area contributed by atoms with Gasteiger partial charge in [0.25, 0.3) is 0 Å². The zero-order valence-corrected chi connectivity index (χ0v) is 12.9. The zero-order valence-electron chi connectivity index (χ0n) is 12.9. The smallest absolute Gasteiger partial charge is 0.335 e. The molecule has 0 radical (unpaired) electrons. The summed E-state index contributed by atoms with van der Waals surface area (Å²) in [4.78, 5) is 10.7. The van der Waals surface area contributed by atoms with E-state index in [-0.39, 0.29) is 17.1 Å². The standard InChI is InChI=1S/C16H25NO4/c1-16(2,3)10-13(18)11-17-8-9-21-14-6-4-12(5-7-14)15(19)20/h4-7,13,17-18H,8-11H2,1-3H3,(H,19,20). The Kier molecular flexibility index (Phi) is 6.65. The van der Waals surface area contributed by atoms with Crippen molar-refractivity contribution in [2.45, 2.75) is 33.3 Å². The quantitative estimate of drug-likeness (QED) is 0.640. The summed E-state index contributed by atoms with van der Waals surface area (Å²) in [5.41, 5.74) is 0.356. The van der Waals surface area contributed by atoms with E-state index in [9.17, 15) is 9.90 Å². The van der Waals surface area contributed by atoms with Crippen molar-refractivity contribution >= 4 is 5.97 Å². The summed E-state index contributed by atoms with van der Waals surface area (Å²) >= 11 is 0. The van der Waals surface area contributed by atoms with E-state index in [2.05, 4.69) is 26.1 Å². The van der Waals surface area contributed by atoms with E-state index in [1.807, 2.05) is 0 Å². The molecule has 0 aliphatic heterocycles. The number of nitrogens with one attached hydrogen (secondary N) is 1. The van der Waals surface area contributed by atoms with Crippen LogP contribution in [0, 0.1) is 5.41 Å². The fourth-order valence-electron chi connectivity index (χ4n) is 1.98. The fourth-order valence-corrected chi connectivity index (χ4v) is 1.98. The summed E-state index contributed by atoms with van der Waals surface area (Å²) in [6.07, 6.45) is 0.386. The number of hydrogen-bond donors (Lipinski definition) is 3. The molecule has 0 saturated carbocycles. The van der Waals surface area contributed by atoms with Gasteiger partial charge in [-0.2, -0.15) is 0 Å². The molecular weight excluding hydrogens is 270 g/mol. The Morgan fingerprint density at radius 2 is 1.90 bits per heavy atom. The number of rotatable bonds is 8. The van der Waals surface area contributed by atoms with Crippen LogP contribution in [0.1, 0.15) is 37.6 Å². The maximum Gasteiger partial charge on any atom is 0.335 e. The van der Waals surface area contributed by atoms with Crippen LogP contribution in [0.2, 0.25) is 0 Å². The van der Waals surface area contributed by atoms with Crippen LogP contribution in [-0.2, 0) is 0 Å². The third kappa shape index (κ3) is 7.68. The van der Waals surface area contributed by atoms with Crippen molar-refractivity contribution in [3.05, 3.63) is 29.8 Å². The molecule has 0 bridgehead atoms. The number of carbonyl (C=O) groups is 1. The normalized spacial score (nSPS) is 13.0. The van der Waals surface area contributed by atoms with Crippen LogP contribution in [0.3, 0.4) is 0 Å². The molecule has 1 aromatic rings. The van der Waals surface area contributed by atoms with Gasteiger partial charge in [0.05, 0.1) is 11.7 Å². The van der Waals surface area contributed by atoms with Gasteiger partial charge in [-0.15, -0.1) is 0 Å². The van der Waals surface area contributed by atoms with Gasteiger partial charge in [-0.3, -0.25) is 0 Å². The Hall–Kier alpha value is -1.59. The molecule has 0 fully saturated rings. The molecule has 1 unspecified atom stereocenters. The van der Waals surface area contributed by atoms with Crippen molar-refractivity contribution in [2.24, 2.45) is 5.41 Å². The predicted octanol–water partition coefficient (Wildman–Crippen LogP) is 2.15. The van der Waals surface area contributed by atoms with Gasteiger partial charge >= 0.3 is 5.97 Å². The molecule has 5 heteroatoms. The van der Waals surface area contributed by atoms with E-state index in [0.717, 1.165) is 6.42 Å². The van der Waals surface area contributed by atoms with Crippen LogP contribution < -0.4 is 10.1 Å². The molecule has 1 atom stereocenters. The van der Waals surface area contributed by atoms with Crippen molar-refractivity contribution in [2.75, 3.05) is 19.7 Å². The summed E-state index contributed by atoms with van der Waals surface area (Å²) in [5.74, 6) is -0.312. The van der Waals surface area contributed by atoms with Gasteiger partial charge in [0.1, 0.15) is 12.4 Å². The number of carboxylic acids is 1.